The van der Waals surface area contributed by atoms with Crippen molar-refractivity contribution in [1.29, 1.82) is 0 Å². The van der Waals surface area contributed by atoms with E-state index in [1.165, 1.54) is 44.1 Å². The smallest absolute Gasteiger partial charge is 0.118 e. The summed E-state index contributed by atoms with van der Waals surface area (Å²) in [6.45, 7) is 0. The summed E-state index contributed by atoms with van der Waals surface area (Å²) < 4.78 is 5.21. The summed E-state index contributed by atoms with van der Waals surface area (Å²) in [5.74, 6) is 3.60. The minimum absolute atomic E-state index is 0.167. The average Bonchev–Trinajstić information content (AvgIpc) is 2.46. The molecule has 0 aliphatic heterocycles. The summed E-state index contributed by atoms with van der Waals surface area (Å²) in [6, 6.07) is 8.20. The molecule has 5 rings (SSSR count). The van der Waals surface area contributed by atoms with Crippen molar-refractivity contribution in [1.82, 2.24) is 0 Å². The van der Waals surface area contributed by atoms with Crippen LogP contribution in [0.3, 0.4) is 0 Å². The number of rotatable bonds is 4. The van der Waals surface area contributed by atoms with Crippen LogP contribution >= 0.6 is 0 Å². The van der Waals surface area contributed by atoms with Crippen LogP contribution in [-0.2, 0) is 6.42 Å². The molecule has 0 heterocycles. The Hall–Kier alpha value is -1.02. The largest absolute Gasteiger partial charge is 0.497 e. The zero-order valence-corrected chi connectivity index (χ0v) is 12.9. The number of ether oxygens (including phenoxy) is 1. The molecule has 1 aromatic rings. The van der Waals surface area contributed by atoms with Crippen molar-refractivity contribution >= 4 is 0 Å². The summed E-state index contributed by atoms with van der Waals surface area (Å²) in [6.07, 6.45) is 8.77. The maximum atomic E-state index is 11.0. The molecule has 1 aromatic carbocycles. The Kier molecular flexibility index (Phi) is 3.25. The van der Waals surface area contributed by atoms with Crippen LogP contribution in [0, 0.1) is 23.2 Å². The Bertz CT molecular complexity index is 470. The Morgan fingerprint density at radius 2 is 1.57 bits per heavy atom. The van der Waals surface area contributed by atoms with Gasteiger partial charge in [0.25, 0.3) is 0 Å². The van der Waals surface area contributed by atoms with E-state index in [-0.39, 0.29) is 11.5 Å². The van der Waals surface area contributed by atoms with Gasteiger partial charge in [-0.15, -0.1) is 0 Å². The molecule has 21 heavy (non-hydrogen) atoms. The first-order valence-electron chi connectivity index (χ1n) is 8.48. The standard InChI is InChI=1S/C19H26O2/c1-21-17-4-2-13(3-5-17)9-18(20)19-10-14-6-15(11-19)8-16(7-14)12-19/h2-5,14-16,18,20H,6-12H2,1H3. The van der Waals surface area contributed by atoms with Crippen molar-refractivity contribution in [2.24, 2.45) is 23.2 Å². The van der Waals surface area contributed by atoms with Crippen LogP contribution in [0.25, 0.3) is 0 Å². The predicted octanol–water partition coefficient (Wildman–Crippen LogP) is 3.82. The van der Waals surface area contributed by atoms with Crippen molar-refractivity contribution < 1.29 is 9.84 Å². The van der Waals surface area contributed by atoms with Crippen molar-refractivity contribution in [2.75, 3.05) is 7.11 Å². The Balaban J connectivity index is 1.50. The number of aliphatic hydroxyl groups excluding tert-OH is 1. The molecule has 4 aliphatic rings. The molecular formula is C19H26O2. The maximum absolute atomic E-state index is 11.0. The van der Waals surface area contributed by atoms with Crippen molar-refractivity contribution in [3.05, 3.63) is 29.8 Å². The summed E-state index contributed by atoms with van der Waals surface area (Å²) in [5, 5.41) is 11.0. The fraction of sp³-hybridized carbons (Fsp3) is 0.684. The Labute approximate surface area is 127 Å². The molecule has 0 amide bonds. The van der Waals surface area contributed by atoms with E-state index >= 15 is 0 Å². The predicted molar refractivity (Wildman–Crippen MR) is 83.3 cm³/mol. The Morgan fingerprint density at radius 1 is 1.05 bits per heavy atom. The van der Waals surface area contributed by atoms with Gasteiger partial charge in [0.1, 0.15) is 5.75 Å². The van der Waals surface area contributed by atoms with Crippen molar-refractivity contribution in [3.8, 4) is 5.75 Å². The molecule has 114 valence electrons. The second-order valence-electron chi connectivity index (χ2n) is 7.85. The molecular weight excluding hydrogens is 260 g/mol. The van der Waals surface area contributed by atoms with E-state index in [1.54, 1.807) is 7.11 Å². The van der Waals surface area contributed by atoms with E-state index in [0.29, 0.717) is 0 Å². The zero-order valence-electron chi connectivity index (χ0n) is 12.9. The van der Waals surface area contributed by atoms with Gasteiger partial charge in [0.2, 0.25) is 0 Å². The summed E-state index contributed by atoms with van der Waals surface area (Å²) in [5.41, 5.74) is 1.47. The number of hydrogen-bond acceptors (Lipinski definition) is 2. The molecule has 0 spiro atoms. The molecule has 0 saturated heterocycles. The zero-order chi connectivity index (χ0) is 14.4. The van der Waals surface area contributed by atoms with Gasteiger partial charge >= 0.3 is 0 Å². The highest BCUT2D eigenvalue weighted by molar-refractivity contribution is 5.28. The van der Waals surface area contributed by atoms with Crippen molar-refractivity contribution in [3.63, 3.8) is 0 Å². The average molecular weight is 286 g/mol. The first-order chi connectivity index (χ1) is 10.2. The molecule has 1 atom stereocenters. The third-order valence-corrected chi connectivity index (χ3v) is 6.38. The molecule has 0 radical (unpaired) electrons. The maximum Gasteiger partial charge on any atom is 0.118 e. The number of methoxy groups -OCH3 is 1. The lowest BCUT2D eigenvalue weighted by molar-refractivity contribution is -0.119. The highest BCUT2D eigenvalue weighted by Gasteiger charge is 2.53. The SMILES string of the molecule is COc1ccc(CC(O)C23CC4CC(CC(C4)C2)C3)cc1. The molecule has 4 fully saturated rings. The summed E-state index contributed by atoms with van der Waals surface area (Å²) in [7, 11) is 1.69. The van der Waals surface area contributed by atoms with Gasteiger partial charge in [0.05, 0.1) is 13.2 Å². The van der Waals surface area contributed by atoms with E-state index in [4.69, 9.17) is 4.74 Å². The van der Waals surface area contributed by atoms with Crippen LogP contribution in [0.15, 0.2) is 24.3 Å². The van der Waals surface area contributed by atoms with E-state index < -0.39 is 0 Å². The number of aliphatic hydroxyl groups is 1. The van der Waals surface area contributed by atoms with Crippen LogP contribution in [-0.4, -0.2) is 18.3 Å². The van der Waals surface area contributed by atoms with Crippen LogP contribution in [0.4, 0.5) is 0 Å². The molecule has 4 saturated carbocycles. The van der Waals surface area contributed by atoms with Crippen LogP contribution in [0.5, 0.6) is 5.75 Å². The minimum atomic E-state index is -0.167. The third-order valence-electron chi connectivity index (χ3n) is 6.38. The second kappa shape index (κ2) is 5.01. The van der Waals surface area contributed by atoms with Gasteiger partial charge in [-0.25, -0.2) is 0 Å². The van der Waals surface area contributed by atoms with E-state index in [2.05, 4.69) is 12.1 Å². The monoisotopic (exact) mass is 286 g/mol. The lowest BCUT2D eigenvalue weighted by Crippen LogP contribution is -2.52. The molecule has 4 aliphatic carbocycles. The van der Waals surface area contributed by atoms with Gasteiger partial charge in [0, 0.05) is 0 Å². The number of hydrogen-bond donors (Lipinski definition) is 1. The van der Waals surface area contributed by atoms with Gasteiger partial charge in [0.15, 0.2) is 0 Å². The van der Waals surface area contributed by atoms with Gasteiger partial charge in [-0.05, 0) is 85.8 Å². The quantitative estimate of drug-likeness (QED) is 0.912. The minimum Gasteiger partial charge on any atom is -0.497 e. The van der Waals surface area contributed by atoms with E-state index in [9.17, 15) is 5.11 Å². The molecule has 2 nitrogen and oxygen atoms in total. The summed E-state index contributed by atoms with van der Waals surface area (Å²) >= 11 is 0. The van der Waals surface area contributed by atoms with Gasteiger partial charge in [-0.3, -0.25) is 0 Å². The van der Waals surface area contributed by atoms with Crippen LogP contribution < -0.4 is 4.74 Å². The van der Waals surface area contributed by atoms with Crippen LogP contribution in [0.1, 0.15) is 44.1 Å². The fourth-order valence-corrected chi connectivity index (χ4v) is 5.79. The molecule has 1 N–H and O–H groups in total. The molecule has 2 heteroatoms. The lowest BCUT2D eigenvalue weighted by Gasteiger charge is -2.58. The van der Waals surface area contributed by atoms with Crippen LogP contribution in [0.2, 0.25) is 0 Å². The van der Waals surface area contributed by atoms with Gasteiger partial charge in [-0.2, -0.15) is 0 Å². The normalized spacial score (nSPS) is 38.5. The van der Waals surface area contributed by atoms with E-state index in [0.717, 1.165) is 29.9 Å². The molecule has 1 unspecified atom stereocenters. The van der Waals surface area contributed by atoms with Gasteiger partial charge in [-0.1, -0.05) is 12.1 Å². The molecule has 4 bridgehead atoms. The Morgan fingerprint density at radius 3 is 2.05 bits per heavy atom. The topological polar surface area (TPSA) is 29.5 Å². The highest BCUT2D eigenvalue weighted by atomic mass is 16.5. The number of benzene rings is 1. The fourth-order valence-electron chi connectivity index (χ4n) is 5.79. The first-order valence-corrected chi connectivity index (χ1v) is 8.48. The van der Waals surface area contributed by atoms with Gasteiger partial charge < -0.3 is 9.84 Å². The van der Waals surface area contributed by atoms with Crippen molar-refractivity contribution in [2.45, 2.75) is 51.0 Å². The second-order valence-corrected chi connectivity index (χ2v) is 7.85. The van der Waals surface area contributed by atoms with E-state index in [1.807, 2.05) is 12.1 Å². The molecule has 0 aromatic heterocycles. The highest BCUT2D eigenvalue weighted by Crippen LogP contribution is 2.61. The summed E-state index contributed by atoms with van der Waals surface area (Å²) in [4.78, 5) is 0. The lowest BCUT2D eigenvalue weighted by atomic mass is 9.48. The third kappa shape index (κ3) is 2.38. The first kappa shape index (κ1) is 13.6.